The molecule has 0 amide bonds. The average molecular weight is 274 g/mol. The van der Waals surface area contributed by atoms with Crippen LogP contribution in [0.4, 0.5) is 0 Å². The van der Waals surface area contributed by atoms with Gasteiger partial charge in [0.2, 0.25) is 0 Å². The molecule has 1 aromatic rings. The molecule has 0 saturated heterocycles. The van der Waals surface area contributed by atoms with Crippen molar-refractivity contribution in [3.05, 3.63) is 15.9 Å². The zero-order valence-corrected chi connectivity index (χ0v) is 11.5. The molecule has 15 heavy (non-hydrogen) atoms. The number of nitrogens with zero attached hydrogens (tertiary/aromatic N) is 2. The van der Waals surface area contributed by atoms with Gasteiger partial charge in [-0.05, 0) is 41.6 Å². The highest BCUT2D eigenvalue weighted by Crippen LogP contribution is 2.23. The Balaban J connectivity index is 2.80. The van der Waals surface area contributed by atoms with Crippen molar-refractivity contribution in [2.45, 2.75) is 39.7 Å². The third-order valence-electron chi connectivity index (χ3n) is 2.98. The van der Waals surface area contributed by atoms with Crippen LogP contribution < -0.4 is 5.73 Å². The molecule has 0 aromatic carbocycles. The Hall–Kier alpha value is -0.350. The summed E-state index contributed by atoms with van der Waals surface area (Å²) >= 11 is 3.58. The van der Waals surface area contributed by atoms with Crippen molar-refractivity contribution in [3.8, 4) is 0 Å². The van der Waals surface area contributed by atoms with E-state index in [1.807, 2.05) is 18.7 Å². The van der Waals surface area contributed by atoms with Crippen molar-refractivity contribution in [2.24, 2.45) is 18.7 Å². The summed E-state index contributed by atoms with van der Waals surface area (Å²) in [5.74, 6) is 0.487. The monoisotopic (exact) mass is 273 g/mol. The summed E-state index contributed by atoms with van der Waals surface area (Å²) in [5, 5.41) is 4.38. The van der Waals surface area contributed by atoms with Crippen molar-refractivity contribution in [2.75, 3.05) is 0 Å². The van der Waals surface area contributed by atoms with Gasteiger partial charge >= 0.3 is 0 Å². The number of aromatic nitrogens is 2. The molecule has 2 N–H and O–H groups in total. The first-order valence-electron chi connectivity index (χ1n) is 5.40. The second-order valence-electron chi connectivity index (χ2n) is 4.22. The Bertz CT molecular complexity index is 333. The summed E-state index contributed by atoms with van der Waals surface area (Å²) in [4.78, 5) is 0. The summed E-state index contributed by atoms with van der Waals surface area (Å²) in [5.41, 5.74) is 8.31. The minimum atomic E-state index is 0.270. The molecule has 1 heterocycles. The molecule has 3 nitrogen and oxygen atoms in total. The second-order valence-corrected chi connectivity index (χ2v) is 5.02. The van der Waals surface area contributed by atoms with Crippen LogP contribution in [0.3, 0.4) is 0 Å². The minimum absolute atomic E-state index is 0.270. The van der Waals surface area contributed by atoms with Crippen LogP contribution in [0.15, 0.2) is 4.47 Å². The molecule has 0 bridgehead atoms. The highest BCUT2D eigenvalue weighted by molar-refractivity contribution is 9.10. The van der Waals surface area contributed by atoms with E-state index in [9.17, 15) is 0 Å². The van der Waals surface area contributed by atoms with E-state index < -0.39 is 0 Å². The van der Waals surface area contributed by atoms with Gasteiger partial charge in [-0.1, -0.05) is 13.8 Å². The molecule has 0 aliphatic heterocycles. The number of hydrogen-bond acceptors (Lipinski definition) is 2. The Morgan fingerprint density at radius 1 is 1.53 bits per heavy atom. The normalized spacial score (nSPS) is 15.3. The van der Waals surface area contributed by atoms with E-state index in [0.29, 0.717) is 5.92 Å². The number of hydrogen-bond donors (Lipinski definition) is 1. The fourth-order valence-electron chi connectivity index (χ4n) is 1.76. The molecule has 2 atom stereocenters. The SMILES string of the molecule is CCC(N)C(C)Cc1c(Br)c(C)nn1C. The molecule has 2 unspecified atom stereocenters. The van der Waals surface area contributed by atoms with Crippen molar-refractivity contribution in [1.29, 1.82) is 0 Å². The molecule has 1 rings (SSSR count). The van der Waals surface area contributed by atoms with Gasteiger partial charge in [-0.2, -0.15) is 5.10 Å². The topological polar surface area (TPSA) is 43.8 Å². The van der Waals surface area contributed by atoms with Crippen LogP contribution in [0, 0.1) is 12.8 Å². The van der Waals surface area contributed by atoms with E-state index in [2.05, 4.69) is 34.9 Å². The molecule has 1 aromatic heterocycles. The van der Waals surface area contributed by atoms with Crippen molar-refractivity contribution < 1.29 is 0 Å². The first-order chi connectivity index (χ1) is 6.97. The average Bonchev–Trinajstić information content (AvgIpc) is 2.43. The van der Waals surface area contributed by atoms with Crippen molar-refractivity contribution in [3.63, 3.8) is 0 Å². The lowest BCUT2D eigenvalue weighted by Gasteiger charge is -2.18. The van der Waals surface area contributed by atoms with Gasteiger partial charge in [0, 0.05) is 13.1 Å². The van der Waals surface area contributed by atoms with Gasteiger partial charge in [-0.3, -0.25) is 4.68 Å². The predicted molar refractivity (Wildman–Crippen MR) is 66.8 cm³/mol. The zero-order valence-electron chi connectivity index (χ0n) is 9.92. The van der Waals surface area contributed by atoms with Gasteiger partial charge in [0.1, 0.15) is 0 Å². The molecule has 0 spiro atoms. The van der Waals surface area contributed by atoms with E-state index in [1.165, 1.54) is 5.69 Å². The number of rotatable bonds is 4. The summed E-state index contributed by atoms with van der Waals surface area (Å²) in [7, 11) is 1.98. The van der Waals surface area contributed by atoms with E-state index in [-0.39, 0.29) is 6.04 Å². The summed E-state index contributed by atoms with van der Waals surface area (Å²) in [6.07, 6.45) is 2.00. The van der Waals surface area contributed by atoms with E-state index in [1.54, 1.807) is 0 Å². The Kier molecular flexibility index (Phi) is 4.34. The summed E-state index contributed by atoms with van der Waals surface area (Å²) in [6, 6.07) is 0.270. The Morgan fingerprint density at radius 2 is 2.13 bits per heavy atom. The van der Waals surface area contributed by atoms with Gasteiger partial charge in [0.05, 0.1) is 15.9 Å². The fraction of sp³-hybridized carbons (Fsp3) is 0.727. The van der Waals surface area contributed by atoms with Crippen LogP contribution >= 0.6 is 15.9 Å². The van der Waals surface area contributed by atoms with Crippen LogP contribution in [0.2, 0.25) is 0 Å². The molecular weight excluding hydrogens is 254 g/mol. The van der Waals surface area contributed by atoms with Crippen LogP contribution in [-0.2, 0) is 13.5 Å². The fourth-order valence-corrected chi connectivity index (χ4v) is 2.26. The first-order valence-corrected chi connectivity index (χ1v) is 6.20. The van der Waals surface area contributed by atoms with Gasteiger partial charge in [-0.15, -0.1) is 0 Å². The molecular formula is C11H20BrN3. The number of aryl methyl sites for hydroxylation is 2. The van der Waals surface area contributed by atoms with Gasteiger partial charge in [0.15, 0.2) is 0 Å². The molecule has 0 aliphatic carbocycles. The standard InChI is InChI=1S/C11H20BrN3/c1-5-9(13)7(2)6-10-11(12)8(3)14-15(10)4/h7,9H,5-6,13H2,1-4H3. The second kappa shape index (κ2) is 5.12. The summed E-state index contributed by atoms with van der Waals surface area (Å²) < 4.78 is 3.07. The van der Waals surface area contributed by atoms with Gasteiger partial charge in [-0.25, -0.2) is 0 Å². The van der Waals surface area contributed by atoms with Gasteiger partial charge < -0.3 is 5.73 Å². The minimum Gasteiger partial charge on any atom is -0.327 e. The molecule has 0 saturated carbocycles. The maximum Gasteiger partial charge on any atom is 0.0738 e. The van der Waals surface area contributed by atoms with Crippen molar-refractivity contribution >= 4 is 15.9 Å². The van der Waals surface area contributed by atoms with Crippen LogP contribution in [0.5, 0.6) is 0 Å². The molecule has 0 fully saturated rings. The lowest BCUT2D eigenvalue weighted by Crippen LogP contribution is -2.29. The van der Waals surface area contributed by atoms with Crippen LogP contribution in [0.1, 0.15) is 31.7 Å². The molecule has 0 aliphatic rings. The van der Waals surface area contributed by atoms with E-state index >= 15 is 0 Å². The lowest BCUT2D eigenvalue weighted by molar-refractivity contribution is 0.431. The van der Waals surface area contributed by atoms with Crippen molar-refractivity contribution in [1.82, 2.24) is 9.78 Å². The lowest BCUT2D eigenvalue weighted by atomic mass is 9.95. The van der Waals surface area contributed by atoms with E-state index in [0.717, 1.165) is 23.0 Å². The van der Waals surface area contributed by atoms with E-state index in [4.69, 9.17) is 5.73 Å². The molecule has 0 radical (unpaired) electrons. The van der Waals surface area contributed by atoms with Crippen LogP contribution in [-0.4, -0.2) is 15.8 Å². The maximum atomic E-state index is 6.03. The quantitative estimate of drug-likeness (QED) is 0.916. The van der Waals surface area contributed by atoms with Crippen LogP contribution in [0.25, 0.3) is 0 Å². The highest BCUT2D eigenvalue weighted by Gasteiger charge is 2.17. The number of halogens is 1. The third kappa shape index (κ3) is 2.82. The maximum absolute atomic E-state index is 6.03. The first kappa shape index (κ1) is 12.7. The zero-order chi connectivity index (χ0) is 11.6. The third-order valence-corrected chi connectivity index (χ3v) is 4.01. The largest absolute Gasteiger partial charge is 0.327 e. The number of nitrogens with two attached hydrogens (primary N) is 1. The van der Waals surface area contributed by atoms with Gasteiger partial charge in [0.25, 0.3) is 0 Å². The Morgan fingerprint density at radius 3 is 2.53 bits per heavy atom. The molecule has 4 heteroatoms. The summed E-state index contributed by atoms with van der Waals surface area (Å²) in [6.45, 7) is 6.34. The Labute approximate surface area is 100 Å². The smallest absolute Gasteiger partial charge is 0.0738 e. The predicted octanol–water partition coefficient (Wildman–Crippen LogP) is 2.41. The molecule has 86 valence electrons. The highest BCUT2D eigenvalue weighted by atomic mass is 79.9.